The Hall–Kier alpha value is -1.31. The van der Waals surface area contributed by atoms with Gasteiger partial charge in [-0.05, 0) is 12.8 Å². The number of alkyl halides is 3. The van der Waals surface area contributed by atoms with Gasteiger partial charge in [0.05, 0.1) is 6.20 Å². The molecule has 1 aromatic rings. The lowest BCUT2D eigenvalue weighted by molar-refractivity contribution is -0.134. The van der Waals surface area contributed by atoms with Gasteiger partial charge in [-0.15, -0.1) is 0 Å². The second-order valence-electron chi connectivity index (χ2n) is 4.38. The summed E-state index contributed by atoms with van der Waals surface area (Å²) in [5.41, 5.74) is 0. The van der Waals surface area contributed by atoms with E-state index < -0.39 is 11.1 Å². The standard InChI is InChI=1S/C11H14F3N3OS/c1-15-9(18)7-2-4-17(5-3-7)10-16-6-8(19-10)11(12,13)14/h6-7H,2-5H2,1H3,(H,15,18). The number of nitrogens with one attached hydrogen (secondary N) is 1. The molecule has 106 valence electrons. The van der Waals surface area contributed by atoms with Gasteiger partial charge < -0.3 is 10.2 Å². The van der Waals surface area contributed by atoms with Crippen molar-refractivity contribution >= 4 is 22.4 Å². The van der Waals surface area contributed by atoms with Gasteiger partial charge in [-0.2, -0.15) is 13.2 Å². The minimum Gasteiger partial charge on any atom is -0.359 e. The van der Waals surface area contributed by atoms with Gasteiger partial charge >= 0.3 is 6.18 Å². The summed E-state index contributed by atoms with van der Waals surface area (Å²) in [4.78, 5) is 16.4. The van der Waals surface area contributed by atoms with E-state index in [1.165, 1.54) is 0 Å². The van der Waals surface area contributed by atoms with E-state index in [2.05, 4.69) is 10.3 Å². The molecule has 1 N–H and O–H groups in total. The van der Waals surface area contributed by atoms with Crippen molar-refractivity contribution in [3.63, 3.8) is 0 Å². The lowest BCUT2D eigenvalue weighted by Gasteiger charge is -2.30. The highest BCUT2D eigenvalue weighted by molar-refractivity contribution is 7.15. The van der Waals surface area contributed by atoms with Crippen LogP contribution in [0, 0.1) is 5.92 Å². The number of nitrogens with zero attached hydrogens (tertiary/aromatic N) is 2. The van der Waals surface area contributed by atoms with Crippen LogP contribution >= 0.6 is 11.3 Å². The van der Waals surface area contributed by atoms with Crippen LogP contribution in [0.1, 0.15) is 17.7 Å². The topological polar surface area (TPSA) is 45.2 Å². The van der Waals surface area contributed by atoms with Crippen molar-refractivity contribution in [1.29, 1.82) is 0 Å². The highest BCUT2D eigenvalue weighted by atomic mass is 32.1. The number of rotatable bonds is 2. The van der Waals surface area contributed by atoms with E-state index in [-0.39, 0.29) is 11.8 Å². The van der Waals surface area contributed by atoms with E-state index in [9.17, 15) is 18.0 Å². The molecule has 0 bridgehead atoms. The van der Waals surface area contributed by atoms with E-state index in [4.69, 9.17) is 0 Å². The molecule has 19 heavy (non-hydrogen) atoms. The second-order valence-corrected chi connectivity index (χ2v) is 5.39. The Bertz CT molecular complexity index is 452. The third-order valence-corrected chi connectivity index (χ3v) is 4.26. The molecular weight excluding hydrogens is 279 g/mol. The van der Waals surface area contributed by atoms with Crippen molar-refractivity contribution in [2.45, 2.75) is 19.0 Å². The summed E-state index contributed by atoms with van der Waals surface area (Å²) in [5, 5.41) is 2.97. The summed E-state index contributed by atoms with van der Waals surface area (Å²) < 4.78 is 37.4. The number of halogens is 3. The van der Waals surface area contributed by atoms with Gasteiger partial charge in [-0.1, -0.05) is 11.3 Å². The zero-order valence-corrected chi connectivity index (χ0v) is 11.1. The predicted octanol–water partition coefficient (Wildman–Crippen LogP) is 2.12. The number of anilines is 1. The first-order valence-electron chi connectivity index (χ1n) is 5.91. The van der Waals surface area contributed by atoms with Crippen molar-refractivity contribution in [2.75, 3.05) is 25.0 Å². The molecule has 0 radical (unpaired) electrons. The largest absolute Gasteiger partial charge is 0.427 e. The Morgan fingerprint density at radius 2 is 2.11 bits per heavy atom. The number of aromatic nitrogens is 1. The minimum atomic E-state index is -4.34. The fraction of sp³-hybridized carbons (Fsp3) is 0.636. The first kappa shape index (κ1) is 14.1. The molecule has 1 aromatic heterocycles. The van der Waals surface area contributed by atoms with Gasteiger partial charge in [0.25, 0.3) is 0 Å². The third-order valence-electron chi connectivity index (χ3n) is 3.16. The normalized spacial score (nSPS) is 17.6. The van der Waals surface area contributed by atoms with Crippen LogP contribution in [0.3, 0.4) is 0 Å². The fourth-order valence-corrected chi connectivity index (χ4v) is 2.91. The molecule has 2 rings (SSSR count). The van der Waals surface area contributed by atoms with E-state index in [1.54, 1.807) is 11.9 Å². The van der Waals surface area contributed by atoms with Crippen molar-refractivity contribution in [3.8, 4) is 0 Å². The zero-order valence-electron chi connectivity index (χ0n) is 10.3. The van der Waals surface area contributed by atoms with Crippen LogP contribution in [0.5, 0.6) is 0 Å². The van der Waals surface area contributed by atoms with E-state index in [1.807, 2.05) is 0 Å². The number of carbonyl (C=O) groups is 1. The zero-order chi connectivity index (χ0) is 14.0. The lowest BCUT2D eigenvalue weighted by atomic mass is 9.96. The van der Waals surface area contributed by atoms with Gasteiger partial charge in [-0.25, -0.2) is 4.98 Å². The number of carbonyl (C=O) groups excluding carboxylic acids is 1. The molecule has 4 nitrogen and oxygen atoms in total. The number of hydrogen-bond donors (Lipinski definition) is 1. The summed E-state index contributed by atoms with van der Waals surface area (Å²) in [7, 11) is 1.59. The summed E-state index contributed by atoms with van der Waals surface area (Å²) in [5.74, 6) is -0.0573. The smallest absolute Gasteiger partial charge is 0.359 e. The first-order valence-corrected chi connectivity index (χ1v) is 6.73. The predicted molar refractivity (Wildman–Crippen MR) is 66.1 cm³/mol. The summed E-state index contributed by atoms with van der Waals surface area (Å²) in [6.07, 6.45) is -2.19. The van der Waals surface area contributed by atoms with Crippen LogP contribution in [0.25, 0.3) is 0 Å². The summed E-state index contributed by atoms with van der Waals surface area (Å²) in [6, 6.07) is 0. The van der Waals surface area contributed by atoms with Crippen LogP contribution in [0.4, 0.5) is 18.3 Å². The number of amides is 1. The van der Waals surface area contributed by atoms with Crippen molar-refractivity contribution in [3.05, 3.63) is 11.1 Å². The quantitative estimate of drug-likeness (QED) is 0.908. The van der Waals surface area contributed by atoms with Crippen LogP contribution in [-0.2, 0) is 11.0 Å². The average Bonchev–Trinajstić information content (AvgIpc) is 2.87. The molecule has 0 aromatic carbocycles. The molecule has 0 unspecified atom stereocenters. The van der Waals surface area contributed by atoms with Gasteiger partial charge in [-0.3, -0.25) is 4.79 Å². The van der Waals surface area contributed by atoms with E-state index in [0.717, 1.165) is 6.20 Å². The molecule has 1 saturated heterocycles. The molecule has 8 heteroatoms. The van der Waals surface area contributed by atoms with Crippen molar-refractivity contribution in [2.24, 2.45) is 5.92 Å². The first-order chi connectivity index (χ1) is 8.91. The maximum absolute atomic E-state index is 12.5. The number of piperidine rings is 1. The SMILES string of the molecule is CNC(=O)C1CCN(c2ncc(C(F)(F)F)s2)CC1. The highest BCUT2D eigenvalue weighted by Gasteiger charge is 2.34. The summed E-state index contributed by atoms with van der Waals surface area (Å²) in [6.45, 7) is 1.12. The van der Waals surface area contributed by atoms with E-state index >= 15 is 0 Å². The second kappa shape index (κ2) is 5.36. The molecular formula is C11H14F3N3OS. The van der Waals surface area contributed by atoms with Crippen LogP contribution in [-0.4, -0.2) is 31.0 Å². The minimum absolute atomic E-state index is 0.00484. The van der Waals surface area contributed by atoms with Crippen LogP contribution in [0.15, 0.2) is 6.20 Å². The van der Waals surface area contributed by atoms with Gasteiger partial charge in [0.15, 0.2) is 5.13 Å². The molecule has 1 aliphatic rings. The molecule has 1 aliphatic heterocycles. The van der Waals surface area contributed by atoms with Gasteiger partial charge in [0, 0.05) is 26.1 Å². The monoisotopic (exact) mass is 293 g/mol. The average molecular weight is 293 g/mol. The van der Waals surface area contributed by atoms with Crippen LogP contribution in [0.2, 0.25) is 0 Å². The maximum Gasteiger partial charge on any atom is 0.427 e. The maximum atomic E-state index is 12.5. The van der Waals surface area contributed by atoms with Crippen molar-refractivity contribution < 1.29 is 18.0 Å². The molecule has 0 saturated carbocycles. The lowest BCUT2D eigenvalue weighted by Crippen LogP contribution is -2.39. The number of thiazole rings is 1. The summed E-state index contributed by atoms with van der Waals surface area (Å²) >= 11 is 0.651. The molecule has 1 fully saturated rings. The Labute approximate surface area is 112 Å². The highest BCUT2D eigenvalue weighted by Crippen LogP contribution is 2.37. The van der Waals surface area contributed by atoms with Crippen molar-refractivity contribution in [1.82, 2.24) is 10.3 Å². The van der Waals surface area contributed by atoms with Gasteiger partial charge in [0.2, 0.25) is 5.91 Å². The Kier molecular flexibility index (Phi) is 3.98. The molecule has 0 atom stereocenters. The number of hydrogen-bond acceptors (Lipinski definition) is 4. The molecule has 1 amide bonds. The Morgan fingerprint density at radius 1 is 1.47 bits per heavy atom. The van der Waals surface area contributed by atoms with E-state index in [0.29, 0.717) is 42.4 Å². The fourth-order valence-electron chi connectivity index (χ4n) is 2.08. The molecule has 0 aliphatic carbocycles. The Morgan fingerprint density at radius 3 is 2.58 bits per heavy atom. The van der Waals surface area contributed by atoms with Gasteiger partial charge in [0.1, 0.15) is 4.88 Å². The van der Waals surface area contributed by atoms with Crippen LogP contribution < -0.4 is 10.2 Å². The third kappa shape index (κ3) is 3.17. The Balaban J connectivity index is 1.98. The molecule has 0 spiro atoms. The molecule has 2 heterocycles.